The van der Waals surface area contributed by atoms with Gasteiger partial charge in [0.1, 0.15) is 16.5 Å². The molecule has 0 radical (unpaired) electrons. The van der Waals surface area contributed by atoms with E-state index in [9.17, 15) is 12.8 Å². The van der Waals surface area contributed by atoms with Gasteiger partial charge in [-0.15, -0.1) is 0 Å². The molecule has 21 heavy (non-hydrogen) atoms. The Balaban J connectivity index is 2.55. The van der Waals surface area contributed by atoms with E-state index in [0.717, 1.165) is 10.5 Å². The first-order valence-electron chi connectivity index (χ1n) is 6.06. The minimum Gasteiger partial charge on any atom is -0.382 e. The van der Waals surface area contributed by atoms with Crippen LogP contribution in [-0.4, -0.2) is 19.9 Å². The number of aromatic nitrogens is 1. The van der Waals surface area contributed by atoms with Gasteiger partial charge in [0, 0.05) is 12.7 Å². The smallest absolute Gasteiger partial charge is 0.265 e. The molecule has 2 aromatic rings. The number of sulfonamides is 1. The molecule has 0 saturated heterocycles. The molecule has 8 heteroatoms. The average Bonchev–Trinajstić information content (AvgIpc) is 2.44. The predicted molar refractivity (Wildman–Crippen MR) is 80.3 cm³/mol. The largest absolute Gasteiger partial charge is 0.382 e. The van der Waals surface area contributed by atoms with Gasteiger partial charge in [0.05, 0.1) is 10.7 Å². The third kappa shape index (κ3) is 2.93. The van der Waals surface area contributed by atoms with E-state index in [1.165, 1.54) is 24.3 Å². The number of halogens is 2. The zero-order valence-corrected chi connectivity index (χ0v) is 12.7. The summed E-state index contributed by atoms with van der Waals surface area (Å²) in [6.45, 7) is 1.67. The quantitative estimate of drug-likeness (QED) is 0.935. The summed E-state index contributed by atoms with van der Waals surface area (Å²) in [5.41, 5.74) is 5.43. The number of hydrogen-bond donors (Lipinski definition) is 1. The molecule has 5 nitrogen and oxygen atoms in total. The number of rotatable bonds is 4. The number of para-hydroxylation sites is 1. The van der Waals surface area contributed by atoms with Crippen molar-refractivity contribution in [3.05, 3.63) is 47.4 Å². The van der Waals surface area contributed by atoms with E-state index in [4.69, 9.17) is 17.3 Å². The molecular formula is C13H13ClFN3O2S. The molecule has 0 aliphatic heterocycles. The highest BCUT2D eigenvalue weighted by atomic mass is 35.5. The van der Waals surface area contributed by atoms with Gasteiger partial charge in [-0.2, -0.15) is 0 Å². The van der Waals surface area contributed by atoms with Crippen molar-refractivity contribution >= 4 is 33.1 Å². The second-order valence-corrected chi connectivity index (χ2v) is 6.43. The van der Waals surface area contributed by atoms with Crippen LogP contribution in [0, 0.1) is 5.82 Å². The van der Waals surface area contributed by atoms with Crippen molar-refractivity contribution in [2.24, 2.45) is 0 Å². The molecule has 0 atom stereocenters. The molecular weight excluding hydrogens is 317 g/mol. The molecule has 1 aromatic heterocycles. The maximum Gasteiger partial charge on any atom is 0.265 e. The average molecular weight is 330 g/mol. The van der Waals surface area contributed by atoms with Crippen molar-refractivity contribution in [2.45, 2.75) is 11.8 Å². The van der Waals surface area contributed by atoms with Gasteiger partial charge in [-0.05, 0) is 25.1 Å². The van der Waals surface area contributed by atoms with E-state index in [-0.39, 0.29) is 28.0 Å². The molecule has 2 rings (SSSR count). The number of benzene rings is 1. The van der Waals surface area contributed by atoms with Crippen molar-refractivity contribution < 1.29 is 12.8 Å². The lowest BCUT2D eigenvalue weighted by atomic mass is 10.3. The molecule has 0 bridgehead atoms. The number of nitrogen functional groups attached to an aromatic ring is 1. The van der Waals surface area contributed by atoms with Crippen LogP contribution < -0.4 is 10.0 Å². The van der Waals surface area contributed by atoms with Crippen molar-refractivity contribution in [1.29, 1.82) is 0 Å². The van der Waals surface area contributed by atoms with E-state index >= 15 is 0 Å². The fourth-order valence-electron chi connectivity index (χ4n) is 1.82. The summed E-state index contributed by atoms with van der Waals surface area (Å²) in [4.78, 5) is 3.58. The molecule has 1 heterocycles. The molecule has 2 N–H and O–H groups in total. The van der Waals surface area contributed by atoms with Gasteiger partial charge >= 0.3 is 0 Å². The molecule has 0 spiro atoms. The van der Waals surface area contributed by atoms with Gasteiger partial charge in [0.15, 0.2) is 0 Å². The minimum absolute atomic E-state index is 0.0284. The first-order valence-corrected chi connectivity index (χ1v) is 7.88. The van der Waals surface area contributed by atoms with E-state index in [0.29, 0.717) is 0 Å². The summed E-state index contributed by atoms with van der Waals surface area (Å²) in [5, 5.41) is 0.0284. The number of anilines is 2. The van der Waals surface area contributed by atoms with Gasteiger partial charge in [-0.1, -0.05) is 23.7 Å². The fraction of sp³-hybridized carbons (Fsp3) is 0.154. The Morgan fingerprint density at radius 1 is 1.38 bits per heavy atom. The molecule has 112 valence electrons. The van der Waals surface area contributed by atoms with Gasteiger partial charge in [-0.3, -0.25) is 4.31 Å². The highest BCUT2D eigenvalue weighted by Gasteiger charge is 2.26. The van der Waals surface area contributed by atoms with Crippen LogP contribution in [0.3, 0.4) is 0 Å². The molecule has 1 aromatic carbocycles. The van der Waals surface area contributed by atoms with Crippen molar-refractivity contribution in [2.75, 3.05) is 16.6 Å². The Morgan fingerprint density at radius 3 is 2.62 bits per heavy atom. The van der Waals surface area contributed by atoms with Crippen LogP contribution >= 0.6 is 11.6 Å². The monoisotopic (exact) mass is 329 g/mol. The number of nitrogens with zero attached hydrogens (tertiary/aromatic N) is 2. The van der Waals surface area contributed by atoms with Gasteiger partial charge in [0.2, 0.25) is 0 Å². The maximum atomic E-state index is 13.8. The summed E-state index contributed by atoms with van der Waals surface area (Å²) in [5.74, 6) is -0.595. The highest BCUT2D eigenvalue weighted by molar-refractivity contribution is 7.92. The first-order chi connectivity index (χ1) is 9.87. The third-order valence-corrected chi connectivity index (χ3v) is 5.00. The molecule has 0 saturated carbocycles. The minimum atomic E-state index is -3.98. The van der Waals surface area contributed by atoms with E-state index in [1.807, 2.05) is 0 Å². The topological polar surface area (TPSA) is 76.3 Å². The number of hydrogen-bond acceptors (Lipinski definition) is 4. The predicted octanol–water partition coefficient (Wildman–Crippen LogP) is 2.67. The summed E-state index contributed by atoms with van der Waals surface area (Å²) < 4.78 is 40.0. The van der Waals surface area contributed by atoms with Crippen LogP contribution in [0.5, 0.6) is 0 Å². The van der Waals surface area contributed by atoms with Gasteiger partial charge in [-0.25, -0.2) is 17.8 Å². The number of nitrogens with two attached hydrogens (primary N) is 1. The lowest BCUT2D eigenvalue weighted by Crippen LogP contribution is -2.31. The molecule has 0 unspecified atom stereocenters. The van der Waals surface area contributed by atoms with E-state index < -0.39 is 15.8 Å². The first kappa shape index (κ1) is 15.5. The maximum absolute atomic E-state index is 13.8. The van der Waals surface area contributed by atoms with E-state index in [2.05, 4.69) is 4.98 Å². The Hall–Kier alpha value is -1.86. The van der Waals surface area contributed by atoms with Gasteiger partial charge in [0.25, 0.3) is 10.0 Å². The summed E-state index contributed by atoms with van der Waals surface area (Å²) in [7, 11) is -3.98. The molecule has 0 aliphatic rings. The van der Waals surface area contributed by atoms with Gasteiger partial charge < -0.3 is 5.73 Å². The Kier molecular flexibility index (Phi) is 4.34. The fourth-order valence-corrected chi connectivity index (χ4v) is 3.51. The lowest BCUT2D eigenvalue weighted by molar-refractivity contribution is 0.586. The Labute approximate surface area is 127 Å². The standard InChI is InChI=1S/C13H13ClFN3O2S/c1-2-18(12-6-4-3-5-11(12)15)21(19,20)9-7-10(14)13(16)17-8-9/h3-8H,2H2,1H3,(H2,16,17). The molecule has 0 amide bonds. The summed E-state index contributed by atoms with van der Waals surface area (Å²) in [6.07, 6.45) is 1.10. The second kappa shape index (κ2) is 5.87. The zero-order valence-electron chi connectivity index (χ0n) is 11.1. The highest BCUT2D eigenvalue weighted by Crippen LogP contribution is 2.27. The van der Waals surface area contributed by atoms with Crippen molar-refractivity contribution in [1.82, 2.24) is 4.98 Å². The van der Waals surface area contributed by atoms with Crippen LogP contribution in [0.4, 0.5) is 15.9 Å². The number of pyridine rings is 1. The van der Waals surface area contributed by atoms with Crippen LogP contribution in [0.15, 0.2) is 41.4 Å². The van der Waals surface area contributed by atoms with E-state index in [1.54, 1.807) is 13.0 Å². The Morgan fingerprint density at radius 2 is 2.05 bits per heavy atom. The second-order valence-electron chi connectivity index (χ2n) is 4.16. The lowest BCUT2D eigenvalue weighted by Gasteiger charge is -2.23. The zero-order chi connectivity index (χ0) is 15.6. The van der Waals surface area contributed by atoms with Crippen LogP contribution in [0.25, 0.3) is 0 Å². The van der Waals surface area contributed by atoms with Crippen LogP contribution in [0.1, 0.15) is 6.92 Å². The normalized spacial score (nSPS) is 11.4. The Bertz CT molecular complexity index is 768. The SMILES string of the molecule is CCN(c1ccccc1F)S(=O)(=O)c1cnc(N)c(Cl)c1. The third-order valence-electron chi connectivity index (χ3n) is 2.84. The summed E-state index contributed by atoms with van der Waals surface area (Å²) >= 11 is 5.80. The van der Waals surface area contributed by atoms with Crippen LogP contribution in [0.2, 0.25) is 5.02 Å². The molecule has 0 fully saturated rings. The summed E-state index contributed by atoms with van der Waals surface area (Å²) in [6, 6.07) is 6.83. The van der Waals surface area contributed by atoms with Crippen molar-refractivity contribution in [3.8, 4) is 0 Å². The van der Waals surface area contributed by atoms with Crippen molar-refractivity contribution in [3.63, 3.8) is 0 Å². The van der Waals surface area contributed by atoms with Crippen LogP contribution in [-0.2, 0) is 10.0 Å². The molecule has 0 aliphatic carbocycles.